The van der Waals surface area contributed by atoms with Crippen molar-refractivity contribution >= 4 is 17.2 Å². The minimum atomic E-state index is 0.203. The molecule has 1 aliphatic heterocycles. The number of amides is 1. The summed E-state index contributed by atoms with van der Waals surface area (Å²) < 4.78 is 0. The van der Waals surface area contributed by atoms with Crippen molar-refractivity contribution in [1.82, 2.24) is 10.6 Å². The van der Waals surface area contributed by atoms with E-state index in [9.17, 15) is 4.79 Å². The molecule has 0 bridgehead atoms. The average molecular weight is 280 g/mol. The first-order chi connectivity index (χ1) is 9.24. The summed E-state index contributed by atoms with van der Waals surface area (Å²) in [5, 5.41) is 8.59. The zero-order chi connectivity index (χ0) is 13.5. The molecule has 3 nitrogen and oxygen atoms in total. The van der Waals surface area contributed by atoms with Gasteiger partial charge in [-0.3, -0.25) is 4.79 Å². The number of hydrogen-bond acceptors (Lipinski definition) is 3. The SMILES string of the molecule is CC(Cc1cccs1)NC(=O)CCC1CCCNC1. The van der Waals surface area contributed by atoms with Gasteiger partial charge in [-0.25, -0.2) is 0 Å². The van der Waals surface area contributed by atoms with Crippen LogP contribution in [0.4, 0.5) is 0 Å². The third-order valence-corrected chi connectivity index (χ3v) is 4.57. The highest BCUT2D eigenvalue weighted by Gasteiger charge is 2.15. The van der Waals surface area contributed by atoms with E-state index in [2.05, 4.69) is 35.1 Å². The largest absolute Gasteiger partial charge is 0.353 e. The molecule has 106 valence electrons. The fourth-order valence-corrected chi connectivity index (χ4v) is 3.47. The van der Waals surface area contributed by atoms with Crippen LogP contribution in [-0.2, 0) is 11.2 Å². The van der Waals surface area contributed by atoms with E-state index in [4.69, 9.17) is 0 Å². The van der Waals surface area contributed by atoms with Crippen molar-refractivity contribution in [1.29, 1.82) is 0 Å². The number of piperidine rings is 1. The monoisotopic (exact) mass is 280 g/mol. The molecule has 19 heavy (non-hydrogen) atoms. The maximum absolute atomic E-state index is 11.9. The van der Waals surface area contributed by atoms with Gasteiger partial charge in [0.25, 0.3) is 0 Å². The molecule has 2 unspecified atom stereocenters. The Morgan fingerprint density at radius 3 is 3.21 bits per heavy atom. The van der Waals surface area contributed by atoms with E-state index in [1.54, 1.807) is 11.3 Å². The van der Waals surface area contributed by atoms with Crippen LogP contribution in [0.15, 0.2) is 17.5 Å². The topological polar surface area (TPSA) is 41.1 Å². The molecule has 2 N–H and O–H groups in total. The summed E-state index contributed by atoms with van der Waals surface area (Å²) in [6.45, 7) is 4.30. The number of thiophene rings is 1. The van der Waals surface area contributed by atoms with E-state index >= 15 is 0 Å². The van der Waals surface area contributed by atoms with Crippen molar-refractivity contribution < 1.29 is 4.79 Å². The zero-order valence-electron chi connectivity index (χ0n) is 11.7. The Morgan fingerprint density at radius 2 is 2.53 bits per heavy atom. The van der Waals surface area contributed by atoms with Crippen molar-refractivity contribution in [2.24, 2.45) is 5.92 Å². The fraction of sp³-hybridized carbons (Fsp3) is 0.667. The summed E-state index contributed by atoms with van der Waals surface area (Å²) in [5.74, 6) is 0.890. The van der Waals surface area contributed by atoms with Gasteiger partial charge >= 0.3 is 0 Å². The van der Waals surface area contributed by atoms with Crippen LogP contribution in [0, 0.1) is 5.92 Å². The summed E-state index contributed by atoms with van der Waals surface area (Å²) in [7, 11) is 0. The van der Waals surface area contributed by atoms with E-state index in [0.717, 1.165) is 25.9 Å². The Hall–Kier alpha value is -0.870. The van der Waals surface area contributed by atoms with Gasteiger partial charge in [-0.2, -0.15) is 0 Å². The molecule has 1 aliphatic rings. The number of hydrogen-bond donors (Lipinski definition) is 2. The summed E-state index contributed by atoms with van der Waals surface area (Å²) >= 11 is 1.75. The first-order valence-corrected chi connectivity index (χ1v) is 8.14. The summed E-state index contributed by atoms with van der Waals surface area (Å²) in [4.78, 5) is 13.2. The fourth-order valence-electron chi connectivity index (χ4n) is 2.63. The first-order valence-electron chi connectivity index (χ1n) is 7.26. The molecule has 2 atom stereocenters. The van der Waals surface area contributed by atoms with E-state index in [1.165, 1.54) is 17.7 Å². The van der Waals surface area contributed by atoms with Crippen molar-refractivity contribution in [3.8, 4) is 0 Å². The normalized spacial score (nSPS) is 21.0. The summed E-state index contributed by atoms with van der Waals surface area (Å²) in [6, 6.07) is 4.42. The smallest absolute Gasteiger partial charge is 0.220 e. The van der Waals surface area contributed by atoms with Gasteiger partial charge in [0.15, 0.2) is 0 Å². The molecule has 0 radical (unpaired) electrons. The second-order valence-electron chi connectivity index (χ2n) is 5.50. The first kappa shape index (κ1) is 14.5. The highest BCUT2D eigenvalue weighted by atomic mass is 32.1. The number of carbonyl (C=O) groups excluding carboxylic acids is 1. The minimum absolute atomic E-state index is 0.203. The Kier molecular flexibility index (Phi) is 5.86. The van der Waals surface area contributed by atoms with Crippen molar-refractivity contribution in [3.05, 3.63) is 22.4 Å². The van der Waals surface area contributed by atoms with E-state index in [0.29, 0.717) is 12.3 Å². The molecule has 1 saturated heterocycles. The van der Waals surface area contributed by atoms with Crippen LogP contribution in [0.1, 0.15) is 37.5 Å². The van der Waals surface area contributed by atoms with Crippen LogP contribution < -0.4 is 10.6 Å². The number of nitrogens with one attached hydrogen (secondary N) is 2. The van der Waals surface area contributed by atoms with Crippen LogP contribution >= 0.6 is 11.3 Å². The standard InChI is InChI=1S/C15H24N2OS/c1-12(10-14-5-3-9-19-14)17-15(18)7-6-13-4-2-8-16-11-13/h3,5,9,12-13,16H,2,4,6-8,10-11H2,1H3,(H,17,18). The van der Waals surface area contributed by atoms with Gasteiger partial charge in [-0.05, 0) is 56.6 Å². The highest BCUT2D eigenvalue weighted by molar-refractivity contribution is 7.09. The maximum atomic E-state index is 11.9. The van der Waals surface area contributed by atoms with Gasteiger partial charge in [0.2, 0.25) is 5.91 Å². The van der Waals surface area contributed by atoms with Crippen molar-refractivity contribution in [2.75, 3.05) is 13.1 Å². The third kappa shape index (κ3) is 5.33. The lowest BCUT2D eigenvalue weighted by Crippen LogP contribution is -2.35. The number of rotatable bonds is 6. The molecular weight excluding hydrogens is 256 g/mol. The lowest BCUT2D eigenvalue weighted by atomic mass is 9.94. The van der Waals surface area contributed by atoms with Crippen LogP contribution in [-0.4, -0.2) is 25.0 Å². The molecular formula is C15H24N2OS. The van der Waals surface area contributed by atoms with Gasteiger partial charge in [0.05, 0.1) is 0 Å². The zero-order valence-corrected chi connectivity index (χ0v) is 12.5. The molecule has 1 amide bonds. The van der Waals surface area contributed by atoms with Gasteiger partial charge in [0, 0.05) is 23.8 Å². The quantitative estimate of drug-likeness (QED) is 0.841. The third-order valence-electron chi connectivity index (χ3n) is 3.67. The maximum Gasteiger partial charge on any atom is 0.220 e. The second kappa shape index (κ2) is 7.65. The van der Waals surface area contributed by atoms with Crippen LogP contribution in [0.25, 0.3) is 0 Å². The molecule has 1 aromatic rings. The van der Waals surface area contributed by atoms with Gasteiger partial charge < -0.3 is 10.6 Å². The average Bonchev–Trinajstić information content (AvgIpc) is 2.90. The lowest BCUT2D eigenvalue weighted by molar-refractivity contribution is -0.122. The Bertz CT molecular complexity index is 372. The van der Waals surface area contributed by atoms with E-state index < -0.39 is 0 Å². The molecule has 0 aromatic carbocycles. The van der Waals surface area contributed by atoms with Gasteiger partial charge in [-0.1, -0.05) is 6.07 Å². The van der Waals surface area contributed by atoms with Crippen LogP contribution in [0.3, 0.4) is 0 Å². The molecule has 2 heterocycles. The van der Waals surface area contributed by atoms with Gasteiger partial charge in [0.1, 0.15) is 0 Å². The minimum Gasteiger partial charge on any atom is -0.353 e. The highest BCUT2D eigenvalue weighted by Crippen LogP contribution is 2.16. The molecule has 0 aliphatic carbocycles. The predicted molar refractivity (Wildman–Crippen MR) is 80.5 cm³/mol. The van der Waals surface area contributed by atoms with E-state index in [1.807, 2.05) is 0 Å². The molecule has 0 saturated carbocycles. The summed E-state index contributed by atoms with van der Waals surface area (Å²) in [5.41, 5.74) is 0. The Balaban J connectivity index is 1.63. The molecule has 4 heteroatoms. The Labute approximate surface area is 119 Å². The van der Waals surface area contributed by atoms with Gasteiger partial charge in [-0.15, -0.1) is 11.3 Å². The van der Waals surface area contributed by atoms with Crippen molar-refractivity contribution in [3.63, 3.8) is 0 Å². The molecule has 2 rings (SSSR count). The van der Waals surface area contributed by atoms with Crippen LogP contribution in [0.2, 0.25) is 0 Å². The summed E-state index contributed by atoms with van der Waals surface area (Å²) in [6.07, 6.45) is 5.15. The Morgan fingerprint density at radius 1 is 1.63 bits per heavy atom. The molecule has 1 aromatic heterocycles. The van der Waals surface area contributed by atoms with Crippen molar-refractivity contribution in [2.45, 2.75) is 45.1 Å². The number of carbonyl (C=O) groups is 1. The van der Waals surface area contributed by atoms with Crippen LogP contribution in [0.5, 0.6) is 0 Å². The molecule has 1 fully saturated rings. The van der Waals surface area contributed by atoms with E-state index in [-0.39, 0.29) is 11.9 Å². The molecule has 0 spiro atoms. The lowest BCUT2D eigenvalue weighted by Gasteiger charge is -2.22. The second-order valence-corrected chi connectivity index (χ2v) is 6.54. The predicted octanol–water partition coefficient (Wildman–Crippen LogP) is 2.58.